The van der Waals surface area contributed by atoms with E-state index in [1.807, 2.05) is 6.07 Å². The summed E-state index contributed by atoms with van der Waals surface area (Å²) in [6.45, 7) is 0.187. The van der Waals surface area contributed by atoms with Crippen LogP contribution in [0.5, 0.6) is 0 Å². The first-order chi connectivity index (χ1) is 6.95. The SMILES string of the molecule is N#CCC1CCCN(C(=O)C(F)(F)F)C1. The third kappa shape index (κ3) is 3.11. The van der Waals surface area contributed by atoms with Gasteiger partial charge < -0.3 is 4.90 Å². The van der Waals surface area contributed by atoms with Gasteiger partial charge in [0.15, 0.2) is 0 Å². The predicted octanol–water partition coefficient (Wildman–Crippen LogP) is 1.70. The number of piperidine rings is 1. The molecule has 1 fully saturated rings. The summed E-state index contributed by atoms with van der Waals surface area (Å²) < 4.78 is 36.3. The minimum atomic E-state index is -4.80. The number of alkyl halides is 3. The molecule has 6 heteroatoms. The van der Waals surface area contributed by atoms with E-state index in [1.54, 1.807) is 0 Å². The van der Waals surface area contributed by atoms with Crippen LogP contribution in [0.3, 0.4) is 0 Å². The Morgan fingerprint density at radius 2 is 2.20 bits per heavy atom. The van der Waals surface area contributed by atoms with Crippen molar-refractivity contribution in [2.75, 3.05) is 13.1 Å². The average molecular weight is 220 g/mol. The van der Waals surface area contributed by atoms with Crippen molar-refractivity contribution >= 4 is 5.91 Å². The Balaban J connectivity index is 2.57. The van der Waals surface area contributed by atoms with Crippen molar-refractivity contribution in [3.05, 3.63) is 0 Å². The lowest BCUT2D eigenvalue weighted by molar-refractivity contribution is -0.187. The second-order valence-electron chi connectivity index (χ2n) is 3.62. The fourth-order valence-electron chi connectivity index (χ4n) is 1.72. The van der Waals surface area contributed by atoms with Crippen LogP contribution < -0.4 is 0 Å². The summed E-state index contributed by atoms with van der Waals surface area (Å²) in [5.74, 6) is -1.90. The highest BCUT2D eigenvalue weighted by molar-refractivity contribution is 5.81. The molecule has 1 saturated heterocycles. The first-order valence-corrected chi connectivity index (χ1v) is 4.68. The lowest BCUT2D eigenvalue weighted by Gasteiger charge is -2.32. The van der Waals surface area contributed by atoms with Gasteiger partial charge in [-0.3, -0.25) is 4.79 Å². The number of carbonyl (C=O) groups excluding carboxylic acids is 1. The van der Waals surface area contributed by atoms with Crippen LogP contribution in [0.25, 0.3) is 0 Å². The fourth-order valence-corrected chi connectivity index (χ4v) is 1.72. The Bertz CT molecular complexity index is 282. The molecule has 0 bridgehead atoms. The number of carbonyl (C=O) groups is 1. The van der Waals surface area contributed by atoms with Crippen LogP contribution in [0.1, 0.15) is 19.3 Å². The number of halogens is 3. The second-order valence-corrected chi connectivity index (χ2v) is 3.62. The molecule has 1 amide bonds. The number of nitriles is 1. The van der Waals surface area contributed by atoms with Gasteiger partial charge in [-0.25, -0.2) is 0 Å². The number of amides is 1. The summed E-state index contributed by atoms with van der Waals surface area (Å²) in [5.41, 5.74) is 0. The third-order valence-electron chi connectivity index (χ3n) is 2.43. The Morgan fingerprint density at radius 3 is 2.73 bits per heavy atom. The molecule has 1 aliphatic rings. The average Bonchev–Trinajstić information content (AvgIpc) is 2.16. The van der Waals surface area contributed by atoms with Crippen LogP contribution in [-0.2, 0) is 4.79 Å². The summed E-state index contributed by atoms with van der Waals surface area (Å²) in [5, 5.41) is 8.43. The maximum absolute atomic E-state index is 12.1. The molecular formula is C9H11F3N2O. The lowest BCUT2D eigenvalue weighted by Crippen LogP contribution is -2.46. The molecule has 1 atom stereocenters. The molecule has 0 aromatic carbocycles. The third-order valence-corrected chi connectivity index (χ3v) is 2.43. The van der Waals surface area contributed by atoms with E-state index in [2.05, 4.69) is 0 Å². The number of nitrogens with zero attached hydrogens (tertiary/aromatic N) is 2. The number of hydrogen-bond acceptors (Lipinski definition) is 2. The molecule has 3 nitrogen and oxygen atoms in total. The Hall–Kier alpha value is -1.25. The smallest absolute Gasteiger partial charge is 0.335 e. The van der Waals surface area contributed by atoms with Crippen LogP contribution in [0.2, 0.25) is 0 Å². The van der Waals surface area contributed by atoms with Crippen molar-refractivity contribution in [2.45, 2.75) is 25.4 Å². The van der Waals surface area contributed by atoms with E-state index in [1.165, 1.54) is 0 Å². The molecule has 0 radical (unpaired) electrons. The van der Waals surface area contributed by atoms with Crippen LogP contribution in [0, 0.1) is 17.2 Å². The van der Waals surface area contributed by atoms with E-state index in [4.69, 9.17) is 5.26 Å². The Morgan fingerprint density at radius 1 is 1.53 bits per heavy atom. The van der Waals surface area contributed by atoms with Gasteiger partial charge >= 0.3 is 12.1 Å². The van der Waals surface area contributed by atoms with E-state index in [0.29, 0.717) is 6.42 Å². The monoisotopic (exact) mass is 220 g/mol. The van der Waals surface area contributed by atoms with E-state index in [0.717, 1.165) is 11.3 Å². The molecule has 1 heterocycles. The molecule has 1 aliphatic heterocycles. The van der Waals surface area contributed by atoms with Crippen LogP contribution in [0.15, 0.2) is 0 Å². The predicted molar refractivity (Wildman–Crippen MR) is 45.6 cm³/mol. The van der Waals surface area contributed by atoms with Gasteiger partial charge in [-0.2, -0.15) is 18.4 Å². The van der Waals surface area contributed by atoms with Crippen LogP contribution >= 0.6 is 0 Å². The molecule has 0 saturated carbocycles. The maximum Gasteiger partial charge on any atom is 0.471 e. The molecule has 1 unspecified atom stereocenters. The van der Waals surface area contributed by atoms with Gasteiger partial charge in [0.1, 0.15) is 0 Å². The number of hydrogen-bond donors (Lipinski definition) is 0. The van der Waals surface area contributed by atoms with E-state index >= 15 is 0 Å². The molecule has 84 valence electrons. The van der Waals surface area contributed by atoms with Crippen molar-refractivity contribution in [3.63, 3.8) is 0 Å². The zero-order chi connectivity index (χ0) is 11.5. The highest BCUT2D eigenvalue weighted by Gasteiger charge is 2.43. The minimum Gasteiger partial charge on any atom is -0.335 e. The Kier molecular flexibility index (Phi) is 3.56. The highest BCUT2D eigenvalue weighted by atomic mass is 19.4. The quantitative estimate of drug-likeness (QED) is 0.675. The first-order valence-electron chi connectivity index (χ1n) is 4.68. The number of rotatable bonds is 1. The largest absolute Gasteiger partial charge is 0.471 e. The fraction of sp³-hybridized carbons (Fsp3) is 0.778. The zero-order valence-electron chi connectivity index (χ0n) is 8.05. The van der Waals surface area contributed by atoms with Crippen LogP contribution in [0.4, 0.5) is 13.2 Å². The standard InChI is InChI=1S/C9H11F3N2O/c10-9(11,12)8(15)14-5-1-2-7(6-14)3-4-13/h7H,1-3,5-6H2. The van der Waals surface area contributed by atoms with Crippen molar-refractivity contribution in [3.8, 4) is 6.07 Å². The maximum atomic E-state index is 12.1. The van der Waals surface area contributed by atoms with E-state index < -0.39 is 12.1 Å². The van der Waals surface area contributed by atoms with Crippen molar-refractivity contribution in [2.24, 2.45) is 5.92 Å². The van der Waals surface area contributed by atoms with Crippen LogP contribution in [-0.4, -0.2) is 30.1 Å². The molecule has 1 rings (SSSR count). The van der Waals surface area contributed by atoms with Gasteiger partial charge in [-0.15, -0.1) is 0 Å². The molecule has 0 aromatic heterocycles. The normalized spacial score (nSPS) is 22.3. The Labute approximate surface area is 85.5 Å². The van der Waals surface area contributed by atoms with E-state index in [-0.39, 0.29) is 25.4 Å². The van der Waals surface area contributed by atoms with Crippen molar-refractivity contribution < 1.29 is 18.0 Å². The molecule has 0 aliphatic carbocycles. The zero-order valence-corrected chi connectivity index (χ0v) is 8.05. The highest BCUT2D eigenvalue weighted by Crippen LogP contribution is 2.24. The summed E-state index contributed by atoms with van der Waals surface area (Å²) in [6, 6.07) is 1.92. The van der Waals surface area contributed by atoms with Gasteiger partial charge in [0.25, 0.3) is 0 Å². The molecule has 0 aromatic rings. The topological polar surface area (TPSA) is 44.1 Å². The van der Waals surface area contributed by atoms with Crippen molar-refractivity contribution in [1.82, 2.24) is 4.90 Å². The van der Waals surface area contributed by atoms with Gasteiger partial charge in [0, 0.05) is 19.5 Å². The van der Waals surface area contributed by atoms with Gasteiger partial charge in [0.2, 0.25) is 0 Å². The molecule has 0 spiro atoms. The second kappa shape index (κ2) is 4.51. The van der Waals surface area contributed by atoms with Gasteiger partial charge in [0.05, 0.1) is 6.07 Å². The van der Waals surface area contributed by atoms with Crippen molar-refractivity contribution in [1.29, 1.82) is 5.26 Å². The van der Waals surface area contributed by atoms with Gasteiger partial charge in [-0.1, -0.05) is 0 Å². The summed E-state index contributed by atoms with van der Waals surface area (Å²) >= 11 is 0. The van der Waals surface area contributed by atoms with E-state index in [9.17, 15) is 18.0 Å². The number of likely N-dealkylation sites (tertiary alicyclic amines) is 1. The lowest BCUT2D eigenvalue weighted by atomic mass is 9.95. The summed E-state index contributed by atoms with van der Waals surface area (Å²) in [4.78, 5) is 11.7. The molecular weight excluding hydrogens is 209 g/mol. The molecule has 15 heavy (non-hydrogen) atoms. The summed E-state index contributed by atoms with van der Waals surface area (Å²) in [6.07, 6.45) is -3.33. The summed E-state index contributed by atoms with van der Waals surface area (Å²) in [7, 11) is 0. The van der Waals surface area contributed by atoms with Gasteiger partial charge in [-0.05, 0) is 18.8 Å². The minimum absolute atomic E-state index is 0.0475. The first kappa shape index (κ1) is 11.8. The molecule has 0 N–H and O–H groups in total.